The fourth-order valence-corrected chi connectivity index (χ4v) is 4.20. The highest BCUT2D eigenvalue weighted by molar-refractivity contribution is 5.96. The summed E-state index contributed by atoms with van der Waals surface area (Å²) in [6, 6.07) is 12.2. The van der Waals surface area contributed by atoms with Crippen molar-refractivity contribution in [1.82, 2.24) is 40.0 Å². The first kappa shape index (κ1) is 21.1. The quantitative estimate of drug-likeness (QED) is 0.379. The summed E-state index contributed by atoms with van der Waals surface area (Å²) in [6.45, 7) is 0.795. The van der Waals surface area contributed by atoms with Crippen LogP contribution in [-0.4, -0.2) is 54.1 Å². The van der Waals surface area contributed by atoms with Crippen LogP contribution in [0.25, 0.3) is 56.0 Å². The highest BCUT2D eigenvalue weighted by Gasteiger charge is 2.17. The topological polar surface area (TPSA) is 99.3 Å². The number of imidazole rings is 1. The first-order valence-electron chi connectivity index (χ1n) is 11.1. The zero-order valence-electron chi connectivity index (χ0n) is 19.1. The van der Waals surface area contributed by atoms with E-state index in [-0.39, 0.29) is 5.82 Å². The molecule has 0 spiro atoms. The number of fused-ring (bicyclic) bond motifs is 2. The summed E-state index contributed by atoms with van der Waals surface area (Å²) in [7, 11) is 4.05. The van der Waals surface area contributed by atoms with E-state index >= 15 is 0 Å². The van der Waals surface area contributed by atoms with Crippen molar-refractivity contribution < 1.29 is 4.39 Å². The van der Waals surface area contributed by atoms with Crippen molar-refractivity contribution in [1.29, 1.82) is 0 Å². The average molecular weight is 465 g/mol. The van der Waals surface area contributed by atoms with Crippen LogP contribution in [0, 0.1) is 5.82 Å². The highest BCUT2D eigenvalue weighted by atomic mass is 19.1. The van der Waals surface area contributed by atoms with Gasteiger partial charge in [-0.3, -0.25) is 20.1 Å². The van der Waals surface area contributed by atoms with Gasteiger partial charge in [-0.25, -0.2) is 9.37 Å². The molecule has 6 rings (SSSR count). The predicted octanol–water partition coefficient (Wildman–Crippen LogP) is 4.83. The van der Waals surface area contributed by atoms with Crippen molar-refractivity contribution in [2.24, 2.45) is 0 Å². The molecule has 2 N–H and O–H groups in total. The zero-order valence-corrected chi connectivity index (χ0v) is 19.1. The van der Waals surface area contributed by atoms with Crippen molar-refractivity contribution >= 4 is 21.9 Å². The number of pyridine rings is 3. The molecule has 172 valence electrons. The summed E-state index contributed by atoms with van der Waals surface area (Å²) in [5.74, 6) is 0.317. The fourth-order valence-electron chi connectivity index (χ4n) is 4.20. The van der Waals surface area contributed by atoms with Crippen LogP contribution in [0.2, 0.25) is 0 Å². The number of nitrogens with one attached hydrogen (secondary N) is 2. The minimum atomic E-state index is -0.293. The molecular weight excluding hydrogens is 443 g/mol. The molecule has 0 aliphatic heterocycles. The molecule has 9 heteroatoms. The molecule has 0 bridgehead atoms. The molecule has 0 amide bonds. The minimum absolute atomic E-state index is 0.293. The Morgan fingerprint density at radius 2 is 1.74 bits per heavy atom. The molecule has 0 aliphatic carbocycles. The van der Waals surface area contributed by atoms with E-state index in [4.69, 9.17) is 4.98 Å². The van der Waals surface area contributed by atoms with Gasteiger partial charge in [0, 0.05) is 41.6 Å². The van der Waals surface area contributed by atoms with Gasteiger partial charge < -0.3 is 9.88 Å². The molecule has 0 radical (unpaired) electrons. The first-order valence-corrected chi connectivity index (χ1v) is 11.1. The largest absolute Gasteiger partial charge is 0.336 e. The van der Waals surface area contributed by atoms with Crippen molar-refractivity contribution in [3.05, 3.63) is 78.6 Å². The Kier molecular flexibility index (Phi) is 5.04. The molecule has 0 unspecified atom stereocenters. The monoisotopic (exact) mass is 464 g/mol. The van der Waals surface area contributed by atoms with E-state index in [1.54, 1.807) is 24.5 Å². The number of benzene rings is 1. The lowest BCUT2D eigenvalue weighted by Gasteiger charge is -2.10. The molecule has 8 nitrogen and oxygen atoms in total. The molecule has 35 heavy (non-hydrogen) atoms. The second-order valence-electron chi connectivity index (χ2n) is 8.66. The Labute approximate surface area is 199 Å². The van der Waals surface area contributed by atoms with Crippen LogP contribution >= 0.6 is 0 Å². The number of H-pyrrole nitrogens is 2. The smallest absolute Gasteiger partial charge is 0.159 e. The number of aromatic nitrogens is 7. The molecule has 0 saturated heterocycles. The van der Waals surface area contributed by atoms with E-state index in [1.165, 1.54) is 12.1 Å². The number of nitrogens with zero attached hydrogens (tertiary/aromatic N) is 6. The maximum atomic E-state index is 13.4. The van der Waals surface area contributed by atoms with Gasteiger partial charge in [0.05, 0.1) is 28.6 Å². The van der Waals surface area contributed by atoms with Crippen LogP contribution < -0.4 is 0 Å². The molecule has 1 aromatic carbocycles. The van der Waals surface area contributed by atoms with Gasteiger partial charge in [-0.2, -0.15) is 5.10 Å². The lowest BCUT2D eigenvalue weighted by molar-refractivity contribution is 0.402. The lowest BCUT2D eigenvalue weighted by Crippen LogP contribution is -2.10. The van der Waals surface area contributed by atoms with E-state index in [0.717, 1.165) is 45.3 Å². The first-order chi connectivity index (χ1) is 17.0. The molecule has 5 aromatic heterocycles. The third kappa shape index (κ3) is 3.91. The Bertz CT molecular complexity index is 1670. The highest BCUT2D eigenvalue weighted by Crippen LogP contribution is 2.31. The number of hydrogen-bond acceptors (Lipinski definition) is 6. The van der Waals surface area contributed by atoms with Crippen LogP contribution in [0.5, 0.6) is 0 Å². The molecule has 5 heterocycles. The maximum absolute atomic E-state index is 13.4. The molecule has 0 fully saturated rings. The standard InChI is InChI=1S/C26H21FN8/c1-35(2)14-15-9-17(12-28-11-15)21-10-19-22(13-30-21)33-34-24(19)26-31-20-7-8-29-23(25(20)32-26)16-3-5-18(27)6-4-16/h3-13H,14H2,1-2H3,(H,31,32)(H,33,34). The summed E-state index contributed by atoms with van der Waals surface area (Å²) in [4.78, 5) is 23.8. The number of rotatable bonds is 5. The van der Waals surface area contributed by atoms with Gasteiger partial charge in [-0.15, -0.1) is 0 Å². The van der Waals surface area contributed by atoms with E-state index in [1.807, 2.05) is 38.6 Å². The van der Waals surface area contributed by atoms with Crippen LogP contribution in [0.4, 0.5) is 4.39 Å². The fraction of sp³-hybridized carbons (Fsp3) is 0.115. The molecule has 6 aromatic rings. The SMILES string of the molecule is CN(C)Cc1cncc(-c2cc3c(-c4nc5c(-c6ccc(F)cc6)nccc5[nH]4)n[nH]c3cn2)c1. The third-order valence-corrected chi connectivity index (χ3v) is 5.78. The molecular formula is C26H21FN8. The Hall–Kier alpha value is -4.50. The zero-order chi connectivity index (χ0) is 23.9. The van der Waals surface area contributed by atoms with E-state index < -0.39 is 0 Å². The second-order valence-corrected chi connectivity index (χ2v) is 8.66. The van der Waals surface area contributed by atoms with Crippen molar-refractivity contribution in [3.63, 3.8) is 0 Å². The predicted molar refractivity (Wildman–Crippen MR) is 133 cm³/mol. The number of halogens is 1. The normalized spacial score (nSPS) is 11.7. The van der Waals surface area contributed by atoms with E-state index in [9.17, 15) is 4.39 Å². The summed E-state index contributed by atoms with van der Waals surface area (Å²) in [5, 5.41) is 8.46. The second kappa shape index (κ2) is 8.37. The van der Waals surface area contributed by atoms with Gasteiger partial charge in [0.25, 0.3) is 0 Å². The maximum Gasteiger partial charge on any atom is 0.159 e. The molecule has 0 saturated carbocycles. The summed E-state index contributed by atoms with van der Waals surface area (Å²) < 4.78 is 13.4. The minimum Gasteiger partial charge on any atom is -0.336 e. The van der Waals surface area contributed by atoms with Crippen LogP contribution in [0.3, 0.4) is 0 Å². The van der Waals surface area contributed by atoms with Gasteiger partial charge in [0.2, 0.25) is 0 Å². The van der Waals surface area contributed by atoms with E-state index in [0.29, 0.717) is 22.7 Å². The third-order valence-electron chi connectivity index (χ3n) is 5.78. The van der Waals surface area contributed by atoms with Crippen molar-refractivity contribution in [2.75, 3.05) is 14.1 Å². The van der Waals surface area contributed by atoms with Crippen LogP contribution in [0.15, 0.2) is 67.3 Å². The van der Waals surface area contributed by atoms with Gasteiger partial charge in [0.15, 0.2) is 5.82 Å². The Morgan fingerprint density at radius 1 is 0.886 bits per heavy atom. The van der Waals surface area contributed by atoms with Gasteiger partial charge in [-0.1, -0.05) is 0 Å². The summed E-state index contributed by atoms with van der Waals surface area (Å²) in [6.07, 6.45) is 7.16. The molecule has 0 aliphatic rings. The lowest BCUT2D eigenvalue weighted by atomic mass is 10.1. The van der Waals surface area contributed by atoms with Crippen molar-refractivity contribution in [2.45, 2.75) is 6.54 Å². The van der Waals surface area contributed by atoms with Gasteiger partial charge in [-0.05, 0) is 62.1 Å². The van der Waals surface area contributed by atoms with E-state index in [2.05, 4.69) is 41.1 Å². The van der Waals surface area contributed by atoms with Gasteiger partial charge in [0.1, 0.15) is 17.0 Å². The number of hydrogen-bond donors (Lipinski definition) is 2. The van der Waals surface area contributed by atoms with Gasteiger partial charge >= 0.3 is 0 Å². The number of aromatic amines is 2. The average Bonchev–Trinajstić information content (AvgIpc) is 3.48. The molecule has 0 atom stereocenters. The summed E-state index contributed by atoms with van der Waals surface area (Å²) >= 11 is 0. The Balaban J connectivity index is 1.44. The van der Waals surface area contributed by atoms with Crippen LogP contribution in [-0.2, 0) is 6.54 Å². The summed E-state index contributed by atoms with van der Waals surface area (Å²) in [5.41, 5.74) is 7.32. The van der Waals surface area contributed by atoms with Crippen molar-refractivity contribution in [3.8, 4) is 34.0 Å². The Morgan fingerprint density at radius 3 is 2.57 bits per heavy atom. The van der Waals surface area contributed by atoms with Crippen LogP contribution in [0.1, 0.15) is 5.56 Å².